The molecule has 2 aromatic rings. The second-order valence-electron chi connectivity index (χ2n) is 4.55. The summed E-state index contributed by atoms with van der Waals surface area (Å²) >= 11 is 0. The van der Waals surface area contributed by atoms with Crippen LogP contribution in [0.5, 0.6) is 0 Å². The molecule has 0 radical (unpaired) electrons. The molecule has 0 saturated carbocycles. The van der Waals surface area contributed by atoms with Gasteiger partial charge in [-0.15, -0.1) is 0 Å². The molecule has 1 heterocycles. The quantitative estimate of drug-likeness (QED) is 0.905. The third-order valence-electron chi connectivity index (χ3n) is 2.78. The van der Waals surface area contributed by atoms with Crippen LogP contribution in [0.4, 0.5) is 10.1 Å². The van der Waals surface area contributed by atoms with Crippen molar-refractivity contribution in [2.24, 2.45) is 0 Å². The van der Waals surface area contributed by atoms with Crippen LogP contribution in [0.25, 0.3) is 0 Å². The van der Waals surface area contributed by atoms with Crippen molar-refractivity contribution in [3.8, 4) is 0 Å². The van der Waals surface area contributed by atoms with Crippen LogP contribution in [0.15, 0.2) is 36.5 Å². The molecule has 1 amide bonds. The maximum atomic E-state index is 13.7. The fourth-order valence-electron chi connectivity index (χ4n) is 1.76. The molecule has 0 atom stereocenters. The number of aryl methyl sites for hydroxylation is 1. The highest BCUT2D eigenvalue weighted by atomic mass is 19.1. The van der Waals surface area contributed by atoms with Crippen LogP contribution in [0.1, 0.15) is 21.6 Å². The van der Waals surface area contributed by atoms with E-state index in [4.69, 9.17) is 5.11 Å². The van der Waals surface area contributed by atoms with Crippen LogP contribution in [0.3, 0.4) is 0 Å². The van der Waals surface area contributed by atoms with Gasteiger partial charge in [-0.25, -0.2) is 4.39 Å². The average Bonchev–Trinajstić information content (AvgIpc) is 2.40. The number of anilines is 1. The number of rotatable bonds is 4. The van der Waals surface area contributed by atoms with Gasteiger partial charge in [0.15, 0.2) is 0 Å². The van der Waals surface area contributed by atoms with E-state index in [1.54, 1.807) is 13.0 Å². The van der Waals surface area contributed by atoms with Crippen molar-refractivity contribution in [1.29, 1.82) is 0 Å². The van der Waals surface area contributed by atoms with Gasteiger partial charge in [-0.3, -0.25) is 14.6 Å². The number of aromatic nitrogens is 1. The topological polar surface area (TPSA) is 79.3 Å². The molecule has 5 nitrogen and oxygen atoms in total. The maximum absolute atomic E-state index is 13.7. The molecule has 6 heteroatoms. The predicted molar refractivity (Wildman–Crippen MR) is 74.7 cm³/mol. The first-order valence-electron chi connectivity index (χ1n) is 6.20. The first kappa shape index (κ1) is 14.6. The number of carboxylic acids is 1. The molecule has 1 aromatic carbocycles. The Hall–Kier alpha value is -2.76. The first-order chi connectivity index (χ1) is 9.95. The zero-order valence-electron chi connectivity index (χ0n) is 11.3. The van der Waals surface area contributed by atoms with E-state index < -0.39 is 17.7 Å². The largest absolute Gasteiger partial charge is 0.481 e. The summed E-state index contributed by atoms with van der Waals surface area (Å²) < 4.78 is 13.7. The van der Waals surface area contributed by atoms with E-state index >= 15 is 0 Å². The number of aliphatic carboxylic acids is 1. The number of benzene rings is 1. The van der Waals surface area contributed by atoms with Crippen molar-refractivity contribution in [3.05, 3.63) is 59.2 Å². The summed E-state index contributed by atoms with van der Waals surface area (Å²) in [7, 11) is 0. The Balaban J connectivity index is 2.10. The minimum atomic E-state index is -0.985. The molecule has 0 aliphatic carbocycles. The van der Waals surface area contributed by atoms with Gasteiger partial charge in [0.2, 0.25) is 0 Å². The minimum absolute atomic E-state index is 0.0600. The predicted octanol–water partition coefficient (Wildman–Crippen LogP) is 2.41. The normalized spacial score (nSPS) is 10.2. The highest BCUT2D eigenvalue weighted by Crippen LogP contribution is 2.13. The SMILES string of the molecule is Cc1ccc(C(=O)Nc2ccc(CC(=O)O)nc2)c(F)c1. The number of nitrogens with one attached hydrogen (secondary N) is 1. The monoisotopic (exact) mass is 288 g/mol. The summed E-state index contributed by atoms with van der Waals surface area (Å²) in [6.07, 6.45) is 1.14. The molecule has 2 rings (SSSR count). The number of carbonyl (C=O) groups is 2. The lowest BCUT2D eigenvalue weighted by molar-refractivity contribution is -0.136. The molecule has 21 heavy (non-hydrogen) atoms. The van der Waals surface area contributed by atoms with E-state index in [0.29, 0.717) is 11.4 Å². The molecular weight excluding hydrogens is 275 g/mol. The van der Waals surface area contributed by atoms with Crippen LogP contribution in [-0.4, -0.2) is 22.0 Å². The van der Waals surface area contributed by atoms with Crippen LogP contribution >= 0.6 is 0 Å². The number of carbonyl (C=O) groups excluding carboxylic acids is 1. The summed E-state index contributed by atoms with van der Waals surface area (Å²) in [4.78, 5) is 26.4. The molecule has 0 bridgehead atoms. The minimum Gasteiger partial charge on any atom is -0.481 e. The van der Waals surface area contributed by atoms with Gasteiger partial charge in [0.25, 0.3) is 5.91 Å². The molecule has 2 N–H and O–H groups in total. The number of pyridine rings is 1. The lowest BCUT2D eigenvalue weighted by atomic mass is 10.1. The zero-order chi connectivity index (χ0) is 15.4. The van der Waals surface area contributed by atoms with Crippen LogP contribution in [-0.2, 0) is 11.2 Å². The summed E-state index contributed by atoms with van der Waals surface area (Å²) in [5, 5.41) is 11.1. The molecule has 0 unspecified atom stereocenters. The van der Waals surface area contributed by atoms with E-state index in [1.807, 2.05) is 0 Å². The Morgan fingerprint density at radius 1 is 1.29 bits per heavy atom. The molecule has 1 aromatic heterocycles. The van der Waals surface area contributed by atoms with Crippen molar-refractivity contribution in [2.45, 2.75) is 13.3 Å². The van der Waals surface area contributed by atoms with Crippen molar-refractivity contribution in [1.82, 2.24) is 4.98 Å². The van der Waals surface area contributed by atoms with Crippen LogP contribution in [0.2, 0.25) is 0 Å². The molecule has 0 aliphatic rings. The Morgan fingerprint density at radius 3 is 2.62 bits per heavy atom. The van der Waals surface area contributed by atoms with Crippen molar-refractivity contribution in [2.75, 3.05) is 5.32 Å². The van der Waals surface area contributed by atoms with Crippen molar-refractivity contribution >= 4 is 17.6 Å². The molecule has 0 spiro atoms. The number of carboxylic acid groups (broad SMARTS) is 1. The Kier molecular flexibility index (Phi) is 4.27. The zero-order valence-corrected chi connectivity index (χ0v) is 11.3. The van der Waals surface area contributed by atoms with Gasteiger partial charge in [0, 0.05) is 0 Å². The average molecular weight is 288 g/mol. The lowest BCUT2D eigenvalue weighted by Crippen LogP contribution is -2.14. The summed E-state index contributed by atoms with van der Waals surface area (Å²) in [6.45, 7) is 1.73. The second kappa shape index (κ2) is 6.13. The van der Waals surface area contributed by atoms with E-state index in [9.17, 15) is 14.0 Å². The van der Waals surface area contributed by atoms with Gasteiger partial charge in [-0.1, -0.05) is 6.07 Å². The number of hydrogen-bond acceptors (Lipinski definition) is 3. The van der Waals surface area contributed by atoms with E-state index in [0.717, 1.165) is 5.56 Å². The van der Waals surface area contributed by atoms with Crippen LogP contribution in [0, 0.1) is 12.7 Å². The Labute approximate surface area is 120 Å². The van der Waals surface area contributed by atoms with E-state index in [1.165, 1.54) is 30.5 Å². The molecule has 108 valence electrons. The smallest absolute Gasteiger partial charge is 0.309 e. The fraction of sp³-hybridized carbons (Fsp3) is 0.133. The molecule has 0 fully saturated rings. The Bertz CT molecular complexity index is 684. The Morgan fingerprint density at radius 2 is 2.05 bits per heavy atom. The molecular formula is C15H13FN2O3. The summed E-state index contributed by atoms with van der Waals surface area (Å²) in [6, 6.07) is 7.35. The van der Waals surface area contributed by atoms with Gasteiger partial charge in [-0.05, 0) is 36.8 Å². The van der Waals surface area contributed by atoms with Gasteiger partial charge >= 0.3 is 5.97 Å². The highest BCUT2D eigenvalue weighted by Gasteiger charge is 2.12. The third kappa shape index (κ3) is 3.85. The maximum Gasteiger partial charge on any atom is 0.309 e. The van der Waals surface area contributed by atoms with E-state index in [-0.39, 0.29) is 12.0 Å². The summed E-state index contributed by atoms with van der Waals surface area (Å²) in [5.41, 5.74) is 1.41. The first-order valence-corrected chi connectivity index (χ1v) is 6.20. The van der Waals surface area contributed by atoms with E-state index in [2.05, 4.69) is 10.3 Å². The molecule has 0 aliphatic heterocycles. The standard InChI is InChI=1S/C15H13FN2O3/c1-9-2-5-12(13(16)6-9)15(21)18-11-4-3-10(17-8-11)7-14(19)20/h2-6,8H,7H2,1H3,(H,18,21)(H,19,20). The third-order valence-corrected chi connectivity index (χ3v) is 2.78. The number of nitrogens with zero attached hydrogens (tertiary/aromatic N) is 1. The van der Waals surface area contributed by atoms with Crippen LogP contribution < -0.4 is 5.32 Å². The number of halogens is 1. The molecule has 0 saturated heterocycles. The fourth-order valence-corrected chi connectivity index (χ4v) is 1.76. The van der Waals surface area contributed by atoms with Gasteiger partial charge in [-0.2, -0.15) is 0 Å². The van der Waals surface area contributed by atoms with Gasteiger partial charge in [0.1, 0.15) is 5.82 Å². The highest BCUT2D eigenvalue weighted by molar-refractivity contribution is 6.04. The second-order valence-corrected chi connectivity index (χ2v) is 4.55. The van der Waals surface area contributed by atoms with Crippen molar-refractivity contribution in [3.63, 3.8) is 0 Å². The van der Waals surface area contributed by atoms with Crippen molar-refractivity contribution < 1.29 is 19.1 Å². The number of hydrogen-bond donors (Lipinski definition) is 2. The lowest BCUT2D eigenvalue weighted by Gasteiger charge is -2.07. The summed E-state index contributed by atoms with van der Waals surface area (Å²) in [5.74, 6) is -2.16. The van der Waals surface area contributed by atoms with Gasteiger partial charge < -0.3 is 10.4 Å². The van der Waals surface area contributed by atoms with Gasteiger partial charge in [0.05, 0.1) is 29.6 Å². The number of amides is 1.